The number of thiophene rings is 1. The maximum absolute atomic E-state index is 13.1. The zero-order valence-electron chi connectivity index (χ0n) is 13.4. The molecule has 23 heavy (non-hydrogen) atoms. The molecule has 2 aliphatic heterocycles. The zero-order chi connectivity index (χ0) is 15.9. The number of carbonyl (C=O) groups excluding carboxylic acids is 1. The second kappa shape index (κ2) is 5.76. The van der Waals surface area contributed by atoms with Crippen molar-refractivity contribution in [2.75, 3.05) is 24.5 Å². The highest BCUT2D eigenvalue weighted by molar-refractivity contribution is 7.08. The number of aryl methyl sites for hydroxylation is 1. The Morgan fingerprint density at radius 3 is 3.00 bits per heavy atom. The fourth-order valence-corrected chi connectivity index (χ4v) is 4.67. The molecule has 0 radical (unpaired) electrons. The third-order valence-electron chi connectivity index (χ3n) is 5.15. The van der Waals surface area contributed by atoms with Crippen molar-refractivity contribution in [2.45, 2.75) is 25.8 Å². The number of anilines is 1. The number of amides is 1. The van der Waals surface area contributed by atoms with E-state index in [2.05, 4.69) is 27.6 Å². The summed E-state index contributed by atoms with van der Waals surface area (Å²) in [6, 6.07) is 2.05. The van der Waals surface area contributed by atoms with Gasteiger partial charge in [-0.2, -0.15) is 16.4 Å². The summed E-state index contributed by atoms with van der Waals surface area (Å²) >= 11 is 1.65. The Bertz CT molecular complexity index is 695. The van der Waals surface area contributed by atoms with Crippen molar-refractivity contribution in [3.63, 3.8) is 0 Å². The molecule has 0 saturated carbocycles. The minimum Gasteiger partial charge on any atom is -0.311 e. The third kappa shape index (κ3) is 2.70. The quantitative estimate of drug-likeness (QED) is 0.868. The van der Waals surface area contributed by atoms with Crippen LogP contribution in [0, 0.1) is 5.41 Å². The molecule has 2 aromatic rings. The Hall–Kier alpha value is -1.66. The van der Waals surface area contributed by atoms with Gasteiger partial charge in [-0.3, -0.25) is 14.4 Å². The Kier molecular flexibility index (Phi) is 3.73. The van der Waals surface area contributed by atoms with E-state index in [1.54, 1.807) is 11.3 Å². The van der Waals surface area contributed by atoms with Crippen LogP contribution >= 0.6 is 11.3 Å². The van der Waals surface area contributed by atoms with Crippen LogP contribution in [0.15, 0.2) is 29.2 Å². The number of hydrogen-bond donors (Lipinski definition) is 0. The van der Waals surface area contributed by atoms with Crippen molar-refractivity contribution >= 4 is 22.9 Å². The van der Waals surface area contributed by atoms with Crippen LogP contribution in [0.1, 0.15) is 24.8 Å². The summed E-state index contributed by atoms with van der Waals surface area (Å²) in [5.41, 5.74) is 2.12. The Labute approximate surface area is 140 Å². The SMILES string of the molecule is Cn1cc(CN2CCCC3(CCN(c4ccsc4)C3=O)C2)cn1. The van der Waals surface area contributed by atoms with Crippen molar-refractivity contribution in [1.29, 1.82) is 0 Å². The predicted molar refractivity (Wildman–Crippen MR) is 91.4 cm³/mol. The van der Waals surface area contributed by atoms with E-state index in [-0.39, 0.29) is 5.41 Å². The van der Waals surface area contributed by atoms with Gasteiger partial charge in [0.05, 0.1) is 17.3 Å². The van der Waals surface area contributed by atoms with Gasteiger partial charge >= 0.3 is 0 Å². The van der Waals surface area contributed by atoms with Gasteiger partial charge in [-0.15, -0.1) is 0 Å². The average Bonchev–Trinajstić information content (AvgIpc) is 3.24. The number of rotatable bonds is 3. The van der Waals surface area contributed by atoms with Crippen molar-refractivity contribution in [3.8, 4) is 0 Å². The monoisotopic (exact) mass is 330 g/mol. The van der Waals surface area contributed by atoms with Gasteiger partial charge in [0, 0.05) is 43.8 Å². The third-order valence-corrected chi connectivity index (χ3v) is 5.82. The summed E-state index contributed by atoms with van der Waals surface area (Å²) < 4.78 is 1.84. The normalized spacial score (nSPS) is 25.6. The molecule has 1 spiro atoms. The number of carbonyl (C=O) groups is 1. The van der Waals surface area contributed by atoms with Gasteiger partial charge in [-0.25, -0.2) is 0 Å². The lowest BCUT2D eigenvalue weighted by atomic mass is 9.78. The van der Waals surface area contributed by atoms with Crippen LogP contribution in [-0.2, 0) is 18.4 Å². The Morgan fingerprint density at radius 1 is 1.35 bits per heavy atom. The van der Waals surface area contributed by atoms with E-state index in [1.165, 1.54) is 5.56 Å². The van der Waals surface area contributed by atoms with E-state index in [9.17, 15) is 4.79 Å². The van der Waals surface area contributed by atoms with Crippen LogP contribution in [0.5, 0.6) is 0 Å². The molecule has 2 aromatic heterocycles. The van der Waals surface area contributed by atoms with Crippen molar-refractivity contribution in [2.24, 2.45) is 12.5 Å². The van der Waals surface area contributed by atoms with Crippen molar-refractivity contribution < 1.29 is 4.79 Å². The van der Waals surface area contributed by atoms with Gasteiger partial charge in [0.25, 0.3) is 0 Å². The average molecular weight is 330 g/mol. The standard InChI is InChI=1S/C17H22N4OS/c1-19-10-14(9-18-19)11-20-6-2-4-17(13-20)5-7-21(16(17)22)15-3-8-23-12-15/h3,8-10,12H,2,4-7,11,13H2,1H3. The molecule has 1 amide bonds. The minimum atomic E-state index is -0.178. The maximum atomic E-state index is 13.1. The summed E-state index contributed by atoms with van der Waals surface area (Å²) in [6.07, 6.45) is 7.09. The van der Waals surface area contributed by atoms with Crippen LogP contribution in [0.25, 0.3) is 0 Å². The molecule has 4 heterocycles. The highest BCUT2D eigenvalue weighted by Crippen LogP contribution is 2.42. The summed E-state index contributed by atoms with van der Waals surface area (Å²) in [4.78, 5) is 17.5. The van der Waals surface area contributed by atoms with Crippen molar-refractivity contribution in [3.05, 3.63) is 34.8 Å². The number of hydrogen-bond acceptors (Lipinski definition) is 4. The van der Waals surface area contributed by atoms with Gasteiger partial charge in [0.1, 0.15) is 0 Å². The van der Waals surface area contributed by atoms with Gasteiger partial charge in [-0.05, 0) is 37.3 Å². The molecule has 4 rings (SSSR count). The first-order valence-electron chi connectivity index (χ1n) is 8.20. The lowest BCUT2D eigenvalue weighted by Crippen LogP contribution is -2.47. The van der Waals surface area contributed by atoms with E-state index in [0.717, 1.165) is 51.1 Å². The van der Waals surface area contributed by atoms with Crippen LogP contribution < -0.4 is 4.90 Å². The lowest BCUT2D eigenvalue weighted by molar-refractivity contribution is -0.128. The highest BCUT2D eigenvalue weighted by atomic mass is 32.1. The van der Waals surface area contributed by atoms with E-state index >= 15 is 0 Å². The smallest absolute Gasteiger partial charge is 0.234 e. The molecule has 122 valence electrons. The van der Waals surface area contributed by atoms with Crippen LogP contribution in [0.4, 0.5) is 5.69 Å². The van der Waals surface area contributed by atoms with Gasteiger partial charge in [-0.1, -0.05) is 0 Å². The molecular weight excluding hydrogens is 308 g/mol. The second-order valence-corrected chi connectivity index (χ2v) is 7.59. The molecule has 0 N–H and O–H groups in total. The van der Waals surface area contributed by atoms with Crippen molar-refractivity contribution in [1.82, 2.24) is 14.7 Å². The topological polar surface area (TPSA) is 41.4 Å². The second-order valence-electron chi connectivity index (χ2n) is 6.81. The first-order chi connectivity index (χ1) is 11.2. The van der Waals surface area contributed by atoms with E-state index in [0.29, 0.717) is 5.91 Å². The molecule has 5 nitrogen and oxygen atoms in total. The van der Waals surface area contributed by atoms with Gasteiger partial charge in [0.15, 0.2) is 0 Å². The first-order valence-corrected chi connectivity index (χ1v) is 9.15. The molecule has 0 aromatic carbocycles. The van der Waals surface area contributed by atoms with Crippen LogP contribution in [0.2, 0.25) is 0 Å². The highest BCUT2D eigenvalue weighted by Gasteiger charge is 2.49. The van der Waals surface area contributed by atoms with E-state index in [4.69, 9.17) is 0 Å². The molecule has 2 saturated heterocycles. The zero-order valence-corrected chi connectivity index (χ0v) is 14.3. The summed E-state index contributed by atoms with van der Waals surface area (Å²) in [5.74, 6) is 0.326. The van der Waals surface area contributed by atoms with Gasteiger partial charge < -0.3 is 4.90 Å². The molecule has 0 bridgehead atoms. The molecular formula is C17H22N4OS. The summed E-state index contributed by atoms with van der Waals surface area (Å²) in [7, 11) is 1.94. The molecule has 6 heteroatoms. The van der Waals surface area contributed by atoms with Crippen LogP contribution in [0.3, 0.4) is 0 Å². The predicted octanol–water partition coefficient (Wildman–Crippen LogP) is 2.50. The Balaban J connectivity index is 1.49. The number of likely N-dealkylation sites (tertiary alicyclic amines) is 1. The van der Waals surface area contributed by atoms with E-state index < -0.39 is 0 Å². The molecule has 0 aliphatic carbocycles. The number of aromatic nitrogens is 2. The minimum absolute atomic E-state index is 0.178. The van der Waals surface area contributed by atoms with Gasteiger partial charge in [0.2, 0.25) is 5.91 Å². The maximum Gasteiger partial charge on any atom is 0.234 e. The molecule has 2 aliphatic rings. The lowest BCUT2D eigenvalue weighted by Gasteiger charge is -2.38. The Morgan fingerprint density at radius 2 is 2.26 bits per heavy atom. The summed E-state index contributed by atoms with van der Waals surface area (Å²) in [5, 5.41) is 8.37. The van der Waals surface area contributed by atoms with E-state index in [1.807, 2.05) is 28.2 Å². The fraction of sp³-hybridized carbons (Fsp3) is 0.529. The number of nitrogens with zero attached hydrogens (tertiary/aromatic N) is 4. The molecule has 2 fully saturated rings. The largest absolute Gasteiger partial charge is 0.311 e. The molecule has 1 atom stereocenters. The number of piperidine rings is 1. The first kappa shape index (κ1) is 14.9. The molecule has 1 unspecified atom stereocenters. The fourth-order valence-electron chi connectivity index (χ4n) is 4.03. The van der Waals surface area contributed by atoms with Crippen LogP contribution in [-0.4, -0.2) is 40.2 Å². The summed E-state index contributed by atoms with van der Waals surface area (Å²) in [6.45, 7) is 3.70.